The maximum absolute atomic E-state index is 9.39. The van der Waals surface area contributed by atoms with Gasteiger partial charge >= 0.3 is 0 Å². The molecule has 0 aromatic heterocycles. The van der Waals surface area contributed by atoms with E-state index in [1.807, 2.05) is 31.2 Å². The van der Waals surface area contributed by atoms with Crippen molar-refractivity contribution < 1.29 is 4.74 Å². The van der Waals surface area contributed by atoms with E-state index >= 15 is 0 Å². The smallest absolute Gasteiger partial charge is 0.138 e. The highest BCUT2D eigenvalue weighted by molar-refractivity contribution is 6.32. The standard InChI is InChI=1S/C19H17Cl2NO/c1-3-13(2)23-19-8-7-14(10-18(19)21)9-16(12-22)15-5-4-6-17(20)11-15/h4-11,13H,3H2,1-2H3/b16-9-/t13-/m0/s1. The Labute approximate surface area is 146 Å². The van der Waals surface area contributed by atoms with Crippen LogP contribution in [0.4, 0.5) is 0 Å². The van der Waals surface area contributed by atoms with Crippen molar-refractivity contribution in [2.24, 2.45) is 0 Å². The number of nitriles is 1. The Morgan fingerprint density at radius 2 is 2.04 bits per heavy atom. The molecule has 0 amide bonds. The Balaban J connectivity index is 2.31. The number of allylic oxidation sites excluding steroid dienone is 1. The summed E-state index contributed by atoms with van der Waals surface area (Å²) in [5, 5.41) is 10.5. The van der Waals surface area contributed by atoms with Gasteiger partial charge in [0, 0.05) is 5.02 Å². The fourth-order valence-corrected chi connectivity index (χ4v) is 2.43. The van der Waals surface area contributed by atoms with E-state index in [4.69, 9.17) is 27.9 Å². The van der Waals surface area contributed by atoms with Gasteiger partial charge in [-0.1, -0.05) is 48.3 Å². The number of rotatable bonds is 5. The minimum Gasteiger partial charge on any atom is -0.489 e. The first-order valence-corrected chi connectivity index (χ1v) is 8.13. The van der Waals surface area contributed by atoms with Gasteiger partial charge in [0.25, 0.3) is 0 Å². The van der Waals surface area contributed by atoms with Crippen LogP contribution in [0.3, 0.4) is 0 Å². The molecule has 2 aromatic rings. The highest BCUT2D eigenvalue weighted by atomic mass is 35.5. The normalized spacial score (nSPS) is 12.6. The van der Waals surface area contributed by atoms with Crippen LogP contribution in [0.25, 0.3) is 11.6 Å². The molecule has 0 aliphatic heterocycles. The van der Waals surface area contributed by atoms with E-state index in [0.717, 1.165) is 17.5 Å². The van der Waals surface area contributed by atoms with E-state index in [2.05, 4.69) is 13.0 Å². The van der Waals surface area contributed by atoms with E-state index in [0.29, 0.717) is 21.4 Å². The summed E-state index contributed by atoms with van der Waals surface area (Å²) in [6.07, 6.45) is 2.80. The molecule has 118 valence electrons. The van der Waals surface area contributed by atoms with Gasteiger partial charge in [0.1, 0.15) is 5.75 Å². The van der Waals surface area contributed by atoms with Gasteiger partial charge in [-0.15, -0.1) is 0 Å². The number of benzene rings is 2. The van der Waals surface area contributed by atoms with E-state index in [9.17, 15) is 5.26 Å². The first kappa shape index (κ1) is 17.4. The molecule has 0 spiro atoms. The topological polar surface area (TPSA) is 33.0 Å². The molecule has 0 aliphatic carbocycles. The van der Waals surface area contributed by atoms with Gasteiger partial charge in [-0.2, -0.15) is 5.26 Å². The summed E-state index contributed by atoms with van der Waals surface area (Å²) >= 11 is 12.3. The van der Waals surface area contributed by atoms with Crippen LogP contribution in [0.2, 0.25) is 10.0 Å². The molecule has 2 aromatic carbocycles. The second-order valence-electron chi connectivity index (χ2n) is 5.21. The molecule has 0 unspecified atom stereocenters. The molecule has 2 nitrogen and oxygen atoms in total. The molecule has 4 heteroatoms. The lowest BCUT2D eigenvalue weighted by Crippen LogP contribution is -2.09. The quantitative estimate of drug-likeness (QED) is 0.474. The molecule has 2 rings (SSSR count). The van der Waals surface area contributed by atoms with Crippen molar-refractivity contribution in [3.05, 3.63) is 63.6 Å². The molecular weight excluding hydrogens is 329 g/mol. The van der Waals surface area contributed by atoms with Crippen molar-refractivity contribution >= 4 is 34.9 Å². The molecule has 0 radical (unpaired) electrons. The summed E-state index contributed by atoms with van der Waals surface area (Å²) in [7, 11) is 0. The third-order valence-electron chi connectivity index (χ3n) is 3.43. The molecule has 0 N–H and O–H groups in total. The summed E-state index contributed by atoms with van der Waals surface area (Å²) in [4.78, 5) is 0. The maximum atomic E-state index is 9.39. The molecule has 0 aliphatic rings. The summed E-state index contributed by atoms with van der Waals surface area (Å²) in [6, 6.07) is 14.9. The zero-order valence-corrected chi connectivity index (χ0v) is 14.5. The largest absolute Gasteiger partial charge is 0.489 e. The van der Waals surface area contributed by atoms with Crippen molar-refractivity contribution in [2.75, 3.05) is 0 Å². The number of nitrogens with zero attached hydrogens (tertiary/aromatic N) is 1. The minimum absolute atomic E-state index is 0.107. The Hall–Kier alpha value is -1.95. The number of halogens is 2. The molecule has 0 heterocycles. The lowest BCUT2D eigenvalue weighted by Gasteiger charge is -2.14. The highest BCUT2D eigenvalue weighted by Gasteiger charge is 2.07. The third kappa shape index (κ3) is 4.76. The van der Waals surface area contributed by atoms with E-state index in [1.54, 1.807) is 24.3 Å². The van der Waals surface area contributed by atoms with Crippen LogP contribution in [0.15, 0.2) is 42.5 Å². The zero-order chi connectivity index (χ0) is 16.8. The fourth-order valence-electron chi connectivity index (χ4n) is 2.01. The molecule has 23 heavy (non-hydrogen) atoms. The second-order valence-corrected chi connectivity index (χ2v) is 6.05. The predicted octanol–water partition coefficient (Wildman–Crippen LogP) is 6.23. The molecule has 0 fully saturated rings. The van der Waals surface area contributed by atoms with Crippen molar-refractivity contribution in [2.45, 2.75) is 26.4 Å². The maximum Gasteiger partial charge on any atom is 0.138 e. The lowest BCUT2D eigenvalue weighted by atomic mass is 10.0. The van der Waals surface area contributed by atoms with Crippen molar-refractivity contribution in [1.82, 2.24) is 0 Å². The monoisotopic (exact) mass is 345 g/mol. The van der Waals surface area contributed by atoms with Crippen LogP contribution >= 0.6 is 23.2 Å². The van der Waals surface area contributed by atoms with Gasteiger partial charge in [-0.05, 0) is 54.8 Å². The SMILES string of the molecule is CC[C@H](C)Oc1ccc(/C=C(/C#N)c2cccc(Cl)c2)cc1Cl. The molecule has 1 atom stereocenters. The van der Waals surface area contributed by atoms with Gasteiger partial charge in [0.15, 0.2) is 0 Å². The number of ether oxygens (including phenoxy) is 1. The van der Waals surface area contributed by atoms with E-state index < -0.39 is 0 Å². The lowest BCUT2D eigenvalue weighted by molar-refractivity contribution is 0.217. The minimum atomic E-state index is 0.107. The Bertz CT molecular complexity index is 762. The van der Waals surface area contributed by atoms with Crippen LogP contribution in [0.1, 0.15) is 31.4 Å². The molecule has 0 saturated carbocycles. The molecule has 0 saturated heterocycles. The van der Waals surface area contributed by atoms with Crippen LogP contribution < -0.4 is 4.74 Å². The van der Waals surface area contributed by atoms with Crippen LogP contribution in [-0.4, -0.2) is 6.10 Å². The molecular formula is C19H17Cl2NO. The van der Waals surface area contributed by atoms with Crippen LogP contribution in [0, 0.1) is 11.3 Å². The summed E-state index contributed by atoms with van der Waals surface area (Å²) in [5.74, 6) is 0.652. The highest BCUT2D eigenvalue weighted by Crippen LogP contribution is 2.29. The van der Waals surface area contributed by atoms with Crippen LogP contribution in [0.5, 0.6) is 5.75 Å². The van der Waals surface area contributed by atoms with Gasteiger partial charge in [0.05, 0.1) is 22.8 Å². The van der Waals surface area contributed by atoms with Gasteiger partial charge in [0.2, 0.25) is 0 Å². The van der Waals surface area contributed by atoms with Gasteiger partial charge < -0.3 is 4.74 Å². The zero-order valence-electron chi connectivity index (χ0n) is 13.0. The van der Waals surface area contributed by atoms with Gasteiger partial charge in [-0.25, -0.2) is 0 Å². The Morgan fingerprint density at radius 1 is 1.26 bits per heavy atom. The van der Waals surface area contributed by atoms with E-state index in [1.165, 1.54) is 0 Å². The molecule has 0 bridgehead atoms. The fraction of sp³-hybridized carbons (Fsp3) is 0.211. The average molecular weight is 346 g/mol. The first-order valence-electron chi connectivity index (χ1n) is 7.37. The number of hydrogen-bond acceptors (Lipinski definition) is 2. The van der Waals surface area contributed by atoms with Gasteiger partial charge in [-0.3, -0.25) is 0 Å². The number of hydrogen-bond donors (Lipinski definition) is 0. The Kier molecular flexibility index (Phi) is 6.10. The Morgan fingerprint density at radius 3 is 2.65 bits per heavy atom. The summed E-state index contributed by atoms with van der Waals surface area (Å²) in [6.45, 7) is 4.05. The summed E-state index contributed by atoms with van der Waals surface area (Å²) in [5.41, 5.74) is 2.14. The third-order valence-corrected chi connectivity index (χ3v) is 3.96. The second kappa shape index (κ2) is 8.06. The van der Waals surface area contributed by atoms with Crippen LogP contribution in [-0.2, 0) is 0 Å². The van der Waals surface area contributed by atoms with Crippen molar-refractivity contribution in [3.8, 4) is 11.8 Å². The van der Waals surface area contributed by atoms with Crippen molar-refractivity contribution in [1.29, 1.82) is 5.26 Å². The van der Waals surface area contributed by atoms with Crippen molar-refractivity contribution in [3.63, 3.8) is 0 Å². The first-order chi connectivity index (χ1) is 11.0. The average Bonchev–Trinajstić information content (AvgIpc) is 2.54. The van der Waals surface area contributed by atoms with E-state index in [-0.39, 0.29) is 6.10 Å². The predicted molar refractivity (Wildman–Crippen MR) is 96.8 cm³/mol. The summed E-state index contributed by atoms with van der Waals surface area (Å²) < 4.78 is 5.75.